The van der Waals surface area contributed by atoms with E-state index in [0.29, 0.717) is 4.47 Å². The third-order valence-electron chi connectivity index (χ3n) is 2.89. The lowest BCUT2D eigenvalue weighted by Gasteiger charge is -2.13. The molecule has 0 aliphatic rings. The third-order valence-corrected chi connectivity index (χ3v) is 4.55. The maximum absolute atomic E-state index is 13.5. The molecule has 0 heterocycles. The van der Waals surface area contributed by atoms with Crippen LogP contribution in [0, 0.1) is 5.82 Å². The van der Waals surface area contributed by atoms with E-state index in [0.717, 1.165) is 17.7 Å². The summed E-state index contributed by atoms with van der Waals surface area (Å²) in [4.78, 5) is 0.0611. The molecule has 0 saturated heterocycles. The fourth-order valence-electron chi connectivity index (χ4n) is 1.84. The van der Waals surface area contributed by atoms with Gasteiger partial charge in [0.25, 0.3) is 0 Å². The van der Waals surface area contributed by atoms with Crippen LogP contribution in [-0.4, -0.2) is 7.11 Å². The number of ether oxygens (including phenoxy) is 1. The lowest BCUT2D eigenvalue weighted by Crippen LogP contribution is -1.98. The van der Waals surface area contributed by atoms with Crippen LogP contribution in [0.4, 0.5) is 4.39 Å². The summed E-state index contributed by atoms with van der Waals surface area (Å²) < 4.78 is 19.1. The zero-order valence-electron chi connectivity index (χ0n) is 10.4. The van der Waals surface area contributed by atoms with E-state index in [4.69, 9.17) is 4.74 Å². The Balaban J connectivity index is 2.15. The quantitative estimate of drug-likeness (QED) is 0.649. The summed E-state index contributed by atoms with van der Waals surface area (Å²) in [5.74, 6) is 0.596. The molecule has 2 rings (SSSR count). The predicted octanol–water partition coefficient (Wildman–Crippen LogP) is 5.28. The van der Waals surface area contributed by atoms with Crippen LogP contribution < -0.4 is 4.74 Å². The first-order chi connectivity index (χ1) is 9.11. The fourth-order valence-corrected chi connectivity index (χ4v) is 3.44. The second-order valence-corrected chi connectivity index (χ2v) is 6.06. The van der Waals surface area contributed by atoms with Gasteiger partial charge in [-0.3, -0.25) is 0 Å². The Morgan fingerprint density at radius 3 is 2.47 bits per heavy atom. The molecule has 19 heavy (non-hydrogen) atoms. The Bertz CT molecular complexity index is 555. The van der Waals surface area contributed by atoms with Crippen molar-refractivity contribution >= 4 is 31.9 Å². The highest BCUT2D eigenvalue weighted by atomic mass is 79.9. The molecule has 2 aromatic rings. The first-order valence-electron chi connectivity index (χ1n) is 5.82. The van der Waals surface area contributed by atoms with Gasteiger partial charge in [-0.15, -0.1) is 0 Å². The molecule has 0 saturated carbocycles. The van der Waals surface area contributed by atoms with E-state index in [9.17, 15) is 4.39 Å². The number of alkyl halides is 1. The second kappa shape index (κ2) is 6.53. The van der Waals surface area contributed by atoms with Gasteiger partial charge in [0.1, 0.15) is 11.6 Å². The van der Waals surface area contributed by atoms with Crippen LogP contribution in [0.2, 0.25) is 0 Å². The van der Waals surface area contributed by atoms with Gasteiger partial charge in [0, 0.05) is 4.83 Å². The number of halogens is 3. The first-order valence-corrected chi connectivity index (χ1v) is 7.53. The van der Waals surface area contributed by atoms with Crippen molar-refractivity contribution in [3.05, 3.63) is 63.9 Å². The molecule has 0 fully saturated rings. The SMILES string of the molecule is COc1ccc(CC(Br)c2cccc(F)c2Br)cc1. The Labute approximate surface area is 129 Å². The topological polar surface area (TPSA) is 9.23 Å². The van der Waals surface area contributed by atoms with Crippen molar-refractivity contribution in [1.82, 2.24) is 0 Å². The molecule has 0 aliphatic heterocycles. The Morgan fingerprint density at radius 2 is 1.84 bits per heavy atom. The van der Waals surface area contributed by atoms with Gasteiger partial charge < -0.3 is 4.74 Å². The molecule has 0 bridgehead atoms. The van der Waals surface area contributed by atoms with Crippen LogP contribution in [0.25, 0.3) is 0 Å². The smallest absolute Gasteiger partial charge is 0.137 e. The monoisotopic (exact) mass is 386 g/mol. The summed E-state index contributed by atoms with van der Waals surface area (Å²) in [7, 11) is 1.64. The van der Waals surface area contributed by atoms with Crippen molar-refractivity contribution in [1.29, 1.82) is 0 Å². The van der Waals surface area contributed by atoms with E-state index < -0.39 is 0 Å². The van der Waals surface area contributed by atoms with E-state index >= 15 is 0 Å². The van der Waals surface area contributed by atoms with Crippen molar-refractivity contribution in [2.24, 2.45) is 0 Å². The van der Waals surface area contributed by atoms with Crippen LogP contribution in [-0.2, 0) is 6.42 Å². The predicted molar refractivity (Wildman–Crippen MR) is 82.5 cm³/mol. The minimum Gasteiger partial charge on any atom is -0.497 e. The first kappa shape index (κ1) is 14.5. The summed E-state index contributed by atoms with van der Waals surface area (Å²) in [6.45, 7) is 0. The minimum atomic E-state index is -0.239. The molecular weight excluding hydrogens is 375 g/mol. The molecular formula is C15H13Br2FO. The maximum Gasteiger partial charge on any atom is 0.137 e. The van der Waals surface area contributed by atoms with Crippen molar-refractivity contribution in [2.75, 3.05) is 7.11 Å². The van der Waals surface area contributed by atoms with Gasteiger partial charge in [-0.25, -0.2) is 4.39 Å². The van der Waals surface area contributed by atoms with Gasteiger partial charge in [0.2, 0.25) is 0 Å². The lowest BCUT2D eigenvalue weighted by atomic mass is 10.0. The minimum absolute atomic E-state index is 0.0611. The molecule has 0 radical (unpaired) electrons. The molecule has 1 unspecified atom stereocenters. The molecule has 0 amide bonds. The Hall–Kier alpha value is -0.870. The van der Waals surface area contributed by atoms with Crippen molar-refractivity contribution in [2.45, 2.75) is 11.2 Å². The molecule has 0 aromatic heterocycles. The average molecular weight is 388 g/mol. The van der Waals surface area contributed by atoms with Crippen LogP contribution in [0.15, 0.2) is 46.9 Å². The number of hydrogen-bond acceptors (Lipinski definition) is 1. The van der Waals surface area contributed by atoms with Gasteiger partial charge in [0.15, 0.2) is 0 Å². The van der Waals surface area contributed by atoms with E-state index in [1.54, 1.807) is 13.2 Å². The molecule has 2 aromatic carbocycles. The summed E-state index contributed by atoms with van der Waals surface area (Å²) >= 11 is 6.91. The van der Waals surface area contributed by atoms with E-state index in [2.05, 4.69) is 31.9 Å². The molecule has 1 atom stereocenters. The highest BCUT2D eigenvalue weighted by Crippen LogP contribution is 2.34. The molecule has 100 valence electrons. The molecule has 0 N–H and O–H groups in total. The number of methoxy groups -OCH3 is 1. The van der Waals surface area contributed by atoms with Gasteiger partial charge in [-0.05, 0) is 51.7 Å². The number of hydrogen-bond donors (Lipinski definition) is 0. The van der Waals surface area contributed by atoms with Crippen LogP contribution in [0.5, 0.6) is 5.75 Å². The van der Waals surface area contributed by atoms with E-state index in [1.807, 2.05) is 30.3 Å². The Morgan fingerprint density at radius 1 is 1.16 bits per heavy atom. The maximum atomic E-state index is 13.5. The van der Waals surface area contributed by atoms with E-state index in [-0.39, 0.29) is 10.6 Å². The number of benzene rings is 2. The van der Waals surface area contributed by atoms with Gasteiger partial charge in [0.05, 0.1) is 11.6 Å². The highest BCUT2D eigenvalue weighted by Gasteiger charge is 2.14. The normalized spacial score (nSPS) is 12.2. The van der Waals surface area contributed by atoms with Gasteiger partial charge in [-0.2, -0.15) is 0 Å². The van der Waals surface area contributed by atoms with Gasteiger partial charge >= 0.3 is 0 Å². The van der Waals surface area contributed by atoms with Crippen LogP contribution in [0.1, 0.15) is 16.0 Å². The standard InChI is InChI=1S/C15H13Br2FO/c1-19-11-7-5-10(6-8-11)9-13(16)12-3-2-4-14(18)15(12)17/h2-8,13H,9H2,1H3. The zero-order chi connectivity index (χ0) is 13.8. The summed E-state index contributed by atoms with van der Waals surface area (Å²) in [5.41, 5.74) is 2.08. The van der Waals surface area contributed by atoms with Gasteiger partial charge in [-0.1, -0.05) is 40.2 Å². The summed E-state index contributed by atoms with van der Waals surface area (Å²) in [5, 5.41) is 0. The van der Waals surface area contributed by atoms with Crippen molar-refractivity contribution in [3.8, 4) is 5.75 Å². The van der Waals surface area contributed by atoms with Crippen LogP contribution in [0.3, 0.4) is 0 Å². The molecule has 0 spiro atoms. The fraction of sp³-hybridized carbons (Fsp3) is 0.200. The molecule has 1 nitrogen and oxygen atoms in total. The number of rotatable bonds is 4. The van der Waals surface area contributed by atoms with Crippen LogP contribution >= 0.6 is 31.9 Å². The largest absolute Gasteiger partial charge is 0.497 e. The Kier molecular flexibility index (Phi) is 4.99. The van der Waals surface area contributed by atoms with Crippen molar-refractivity contribution < 1.29 is 9.13 Å². The second-order valence-electron chi connectivity index (χ2n) is 4.16. The molecule has 4 heteroatoms. The van der Waals surface area contributed by atoms with Crippen molar-refractivity contribution in [3.63, 3.8) is 0 Å². The summed E-state index contributed by atoms with van der Waals surface area (Å²) in [6.07, 6.45) is 0.784. The van der Waals surface area contributed by atoms with E-state index in [1.165, 1.54) is 11.6 Å². The highest BCUT2D eigenvalue weighted by molar-refractivity contribution is 9.11. The average Bonchev–Trinajstić information content (AvgIpc) is 2.42. The molecule has 0 aliphatic carbocycles. The lowest BCUT2D eigenvalue weighted by molar-refractivity contribution is 0.414. The third kappa shape index (κ3) is 3.57. The zero-order valence-corrected chi connectivity index (χ0v) is 13.5. The summed E-state index contributed by atoms with van der Waals surface area (Å²) in [6, 6.07) is 13.0.